The maximum absolute atomic E-state index is 12.9. The number of pyridine rings is 1. The van der Waals surface area contributed by atoms with Crippen molar-refractivity contribution in [2.75, 3.05) is 14.2 Å². The normalized spacial score (nSPS) is 10.6. The monoisotopic (exact) mass is 399 g/mol. The van der Waals surface area contributed by atoms with Gasteiger partial charge in [-0.15, -0.1) is 0 Å². The lowest BCUT2D eigenvalue weighted by Gasteiger charge is -2.13. The highest BCUT2D eigenvalue weighted by atomic mass is 16.5. The Balaban J connectivity index is 1.85. The van der Waals surface area contributed by atoms with E-state index in [-0.39, 0.29) is 5.56 Å². The molecule has 0 amide bonds. The van der Waals surface area contributed by atoms with Gasteiger partial charge in [-0.1, -0.05) is 12.1 Å². The molecule has 4 aromatic rings. The van der Waals surface area contributed by atoms with E-state index in [0.717, 1.165) is 39.4 Å². The molecule has 6 heteroatoms. The topological polar surface area (TPSA) is 66.2 Å². The molecule has 0 fully saturated rings. The highest BCUT2D eigenvalue weighted by Crippen LogP contribution is 2.31. The largest absolute Gasteiger partial charge is 0.497 e. The SMILES string of the molecule is COc1ccc(-c2cc(=O)n(Cc3ccncc3)nc2-c2ccc(OC)cc2)cc1. The molecule has 0 N–H and O–H groups in total. The third-order valence-corrected chi connectivity index (χ3v) is 4.84. The number of hydrogen-bond acceptors (Lipinski definition) is 5. The maximum atomic E-state index is 12.9. The Hall–Kier alpha value is -3.93. The second kappa shape index (κ2) is 8.61. The van der Waals surface area contributed by atoms with E-state index in [1.54, 1.807) is 32.7 Å². The molecule has 4 rings (SSSR count). The van der Waals surface area contributed by atoms with Gasteiger partial charge >= 0.3 is 0 Å². The van der Waals surface area contributed by atoms with E-state index in [4.69, 9.17) is 14.6 Å². The lowest BCUT2D eigenvalue weighted by atomic mass is 10.00. The molecular weight excluding hydrogens is 378 g/mol. The van der Waals surface area contributed by atoms with Gasteiger partial charge in [0.1, 0.15) is 11.5 Å². The van der Waals surface area contributed by atoms with Crippen LogP contribution in [0.15, 0.2) is 83.9 Å². The van der Waals surface area contributed by atoms with Gasteiger partial charge in [0.15, 0.2) is 0 Å². The van der Waals surface area contributed by atoms with E-state index in [1.165, 1.54) is 4.68 Å². The highest BCUT2D eigenvalue weighted by molar-refractivity contribution is 5.80. The zero-order valence-corrected chi connectivity index (χ0v) is 16.8. The summed E-state index contributed by atoms with van der Waals surface area (Å²) in [5.41, 5.74) is 4.05. The molecule has 0 saturated carbocycles. The van der Waals surface area contributed by atoms with Gasteiger partial charge in [-0.2, -0.15) is 5.10 Å². The van der Waals surface area contributed by atoms with Crippen LogP contribution in [0.5, 0.6) is 11.5 Å². The minimum Gasteiger partial charge on any atom is -0.497 e. The van der Waals surface area contributed by atoms with Gasteiger partial charge < -0.3 is 9.47 Å². The molecule has 150 valence electrons. The summed E-state index contributed by atoms with van der Waals surface area (Å²) in [7, 11) is 3.25. The van der Waals surface area contributed by atoms with Crippen molar-refractivity contribution < 1.29 is 9.47 Å². The van der Waals surface area contributed by atoms with Crippen LogP contribution in [0.25, 0.3) is 22.4 Å². The van der Waals surface area contributed by atoms with Crippen LogP contribution < -0.4 is 15.0 Å². The second-order valence-corrected chi connectivity index (χ2v) is 6.71. The van der Waals surface area contributed by atoms with Crippen molar-refractivity contribution in [1.82, 2.24) is 14.8 Å². The van der Waals surface area contributed by atoms with Gasteiger partial charge in [0, 0.05) is 29.6 Å². The molecule has 0 aliphatic carbocycles. The van der Waals surface area contributed by atoms with E-state index in [9.17, 15) is 4.79 Å². The fourth-order valence-corrected chi connectivity index (χ4v) is 3.22. The predicted molar refractivity (Wildman–Crippen MR) is 116 cm³/mol. The number of hydrogen-bond donors (Lipinski definition) is 0. The van der Waals surface area contributed by atoms with Gasteiger partial charge in [-0.3, -0.25) is 9.78 Å². The second-order valence-electron chi connectivity index (χ2n) is 6.71. The molecule has 0 aliphatic rings. The van der Waals surface area contributed by atoms with Crippen molar-refractivity contribution in [3.63, 3.8) is 0 Å². The first-order valence-electron chi connectivity index (χ1n) is 9.48. The Bertz CT molecular complexity index is 1190. The van der Waals surface area contributed by atoms with Crippen molar-refractivity contribution in [3.8, 4) is 33.9 Å². The summed E-state index contributed by atoms with van der Waals surface area (Å²) in [6.07, 6.45) is 3.41. The van der Waals surface area contributed by atoms with E-state index >= 15 is 0 Å². The molecule has 0 bridgehead atoms. The van der Waals surface area contributed by atoms with Gasteiger partial charge in [0.2, 0.25) is 0 Å². The zero-order chi connectivity index (χ0) is 20.9. The number of nitrogens with zero attached hydrogens (tertiary/aromatic N) is 3. The first kappa shape index (κ1) is 19.4. The number of rotatable bonds is 6. The molecule has 0 unspecified atom stereocenters. The summed E-state index contributed by atoms with van der Waals surface area (Å²) in [5.74, 6) is 1.51. The van der Waals surface area contributed by atoms with Crippen molar-refractivity contribution in [2.45, 2.75) is 6.54 Å². The number of methoxy groups -OCH3 is 2. The summed E-state index contributed by atoms with van der Waals surface area (Å²) in [6, 6.07) is 20.6. The molecule has 0 spiro atoms. The van der Waals surface area contributed by atoms with Gasteiger partial charge in [0.05, 0.1) is 26.5 Å². The van der Waals surface area contributed by atoms with Crippen LogP contribution in [-0.2, 0) is 6.54 Å². The highest BCUT2D eigenvalue weighted by Gasteiger charge is 2.14. The van der Waals surface area contributed by atoms with Crippen LogP contribution >= 0.6 is 0 Å². The third kappa shape index (κ3) is 4.07. The number of ether oxygens (including phenoxy) is 2. The number of benzene rings is 2. The summed E-state index contributed by atoms with van der Waals surface area (Å²) in [5, 5.41) is 4.72. The minimum atomic E-state index is -0.171. The molecule has 30 heavy (non-hydrogen) atoms. The molecule has 2 aromatic heterocycles. The zero-order valence-electron chi connectivity index (χ0n) is 16.8. The van der Waals surface area contributed by atoms with Crippen LogP contribution in [0.3, 0.4) is 0 Å². The lowest BCUT2D eigenvalue weighted by Crippen LogP contribution is -2.24. The van der Waals surface area contributed by atoms with Crippen molar-refractivity contribution in [1.29, 1.82) is 0 Å². The van der Waals surface area contributed by atoms with Crippen LogP contribution in [0.2, 0.25) is 0 Å². The lowest BCUT2D eigenvalue weighted by molar-refractivity contribution is 0.414. The first-order chi connectivity index (χ1) is 14.7. The summed E-state index contributed by atoms with van der Waals surface area (Å²) < 4.78 is 12.0. The van der Waals surface area contributed by atoms with Gasteiger partial charge in [0.25, 0.3) is 5.56 Å². The van der Waals surface area contributed by atoms with E-state index in [1.807, 2.05) is 60.7 Å². The molecule has 6 nitrogen and oxygen atoms in total. The Morgan fingerprint density at radius 3 is 1.93 bits per heavy atom. The first-order valence-corrected chi connectivity index (χ1v) is 9.48. The van der Waals surface area contributed by atoms with Crippen LogP contribution in [0.4, 0.5) is 0 Å². The summed E-state index contributed by atoms with van der Waals surface area (Å²) >= 11 is 0. The standard InChI is InChI=1S/C24H21N3O3/c1-29-20-7-3-18(4-8-20)22-15-23(28)27(16-17-11-13-25-14-12-17)26-24(22)19-5-9-21(30-2)10-6-19/h3-15H,16H2,1-2H3. The van der Waals surface area contributed by atoms with Crippen molar-refractivity contribution in [2.24, 2.45) is 0 Å². The van der Waals surface area contributed by atoms with E-state index < -0.39 is 0 Å². The van der Waals surface area contributed by atoms with E-state index in [0.29, 0.717) is 6.54 Å². The summed E-state index contributed by atoms with van der Waals surface area (Å²) in [4.78, 5) is 16.9. The van der Waals surface area contributed by atoms with Crippen LogP contribution in [-0.4, -0.2) is 29.0 Å². The minimum absolute atomic E-state index is 0.171. The van der Waals surface area contributed by atoms with Gasteiger partial charge in [-0.25, -0.2) is 4.68 Å². The van der Waals surface area contributed by atoms with E-state index in [2.05, 4.69) is 4.98 Å². The molecule has 2 heterocycles. The Morgan fingerprint density at radius 1 is 0.800 bits per heavy atom. The van der Waals surface area contributed by atoms with Crippen LogP contribution in [0, 0.1) is 0 Å². The van der Waals surface area contributed by atoms with Crippen molar-refractivity contribution >= 4 is 0 Å². The maximum Gasteiger partial charge on any atom is 0.267 e. The Labute approximate surface area is 174 Å². The van der Waals surface area contributed by atoms with Gasteiger partial charge in [-0.05, 0) is 59.7 Å². The smallest absolute Gasteiger partial charge is 0.267 e. The fraction of sp³-hybridized carbons (Fsp3) is 0.125. The van der Waals surface area contributed by atoms with Crippen molar-refractivity contribution in [3.05, 3.63) is 95.0 Å². The predicted octanol–water partition coefficient (Wildman–Crippen LogP) is 4.04. The molecule has 0 radical (unpaired) electrons. The molecule has 0 saturated heterocycles. The molecule has 2 aromatic carbocycles. The molecular formula is C24H21N3O3. The molecule has 0 atom stereocenters. The summed E-state index contributed by atoms with van der Waals surface area (Å²) in [6.45, 7) is 0.368. The number of aromatic nitrogens is 3. The molecule has 0 aliphatic heterocycles. The van der Waals surface area contributed by atoms with Crippen LogP contribution in [0.1, 0.15) is 5.56 Å². The fourth-order valence-electron chi connectivity index (χ4n) is 3.22. The third-order valence-electron chi connectivity index (χ3n) is 4.84. The Morgan fingerprint density at radius 2 is 1.37 bits per heavy atom. The quantitative estimate of drug-likeness (QED) is 0.490. The average Bonchev–Trinajstić information content (AvgIpc) is 2.81. The average molecular weight is 399 g/mol. The Kier molecular flexibility index (Phi) is 5.57.